The number of pyridine rings is 1. The van der Waals surface area contributed by atoms with E-state index in [0.717, 1.165) is 34.6 Å². The van der Waals surface area contributed by atoms with Gasteiger partial charge in [-0.15, -0.1) is 5.10 Å². The van der Waals surface area contributed by atoms with Gasteiger partial charge in [-0.2, -0.15) is 0 Å². The van der Waals surface area contributed by atoms with Gasteiger partial charge < -0.3 is 18.6 Å². The van der Waals surface area contributed by atoms with Gasteiger partial charge >= 0.3 is 0 Å². The van der Waals surface area contributed by atoms with Crippen LogP contribution in [0.1, 0.15) is 42.3 Å². The summed E-state index contributed by atoms with van der Waals surface area (Å²) >= 11 is 0. The van der Waals surface area contributed by atoms with Gasteiger partial charge in [0, 0.05) is 23.0 Å². The first-order valence-corrected chi connectivity index (χ1v) is 11.4. The van der Waals surface area contributed by atoms with Crippen molar-refractivity contribution >= 4 is 10.9 Å². The number of aromatic amines is 1. The van der Waals surface area contributed by atoms with Crippen LogP contribution < -0.4 is 10.3 Å². The van der Waals surface area contributed by atoms with E-state index in [4.69, 9.17) is 13.6 Å². The number of furan rings is 2. The lowest BCUT2D eigenvalue weighted by atomic mass is 10.1. The Balaban J connectivity index is 1.51. The van der Waals surface area contributed by atoms with Gasteiger partial charge in [-0.3, -0.25) is 9.69 Å². The predicted octanol–water partition coefficient (Wildman–Crippen LogP) is 3.91. The second-order valence-electron chi connectivity index (χ2n) is 8.26. The van der Waals surface area contributed by atoms with Crippen molar-refractivity contribution in [1.82, 2.24) is 30.1 Å². The number of H-pyrrole nitrogens is 1. The summed E-state index contributed by atoms with van der Waals surface area (Å²) in [5.41, 5.74) is 1.24. The number of methoxy groups -OCH3 is 1. The third-order valence-corrected chi connectivity index (χ3v) is 6.01. The fourth-order valence-corrected chi connectivity index (χ4v) is 4.29. The van der Waals surface area contributed by atoms with E-state index in [0.29, 0.717) is 31.0 Å². The highest BCUT2D eigenvalue weighted by Crippen LogP contribution is 2.27. The van der Waals surface area contributed by atoms with E-state index < -0.39 is 0 Å². The molecule has 0 bridgehead atoms. The van der Waals surface area contributed by atoms with Crippen LogP contribution in [0.2, 0.25) is 0 Å². The number of aromatic nitrogens is 5. The number of tetrazole rings is 1. The zero-order chi connectivity index (χ0) is 24.2. The molecule has 0 radical (unpaired) electrons. The molecule has 1 N–H and O–H groups in total. The molecule has 0 unspecified atom stereocenters. The lowest BCUT2D eigenvalue weighted by Gasteiger charge is -2.29. The molecule has 10 heteroatoms. The second kappa shape index (κ2) is 9.98. The summed E-state index contributed by atoms with van der Waals surface area (Å²) in [6.07, 6.45) is 3.99. The number of fused-ring (bicyclic) bond motifs is 1. The number of nitrogens with zero attached hydrogens (tertiary/aromatic N) is 5. The van der Waals surface area contributed by atoms with Crippen LogP contribution in [-0.4, -0.2) is 37.2 Å². The molecule has 10 nitrogen and oxygen atoms in total. The SMILES string of the molecule is CC[C@@H](c1nnnn1Cc1ccco1)N(Cc1ccco1)Cc1cc2cc(OC)ccc2[nH]c1=O. The maximum atomic E-state index is 13.0. The van der Waals surface area contributed by atoms with E-state index in [1.54, 1.807) is 24.3 Å². The maximum Gasteiger partial charge on any atom is 0.252 e. The van der Waals surface area contributed by atoms with E-state index in [2.05, 4.69) is 32.3 Å². The monoisotopic (exact) mass is 474 g/mol. The molecule has 5 rings (SSSR count). The predicted molar refractivity (Wildman–Crippen MR) is 128 cm³/mol. The molecule has 5 aromatic rings. The van der Waals surface area contributed by atoms with Gasteiger partial charge in [0.1, 0.15) is 23.8 Å². The van der Waals surface area contributed by atoms with Crippen molar-refractivity contribution in [3.05, 3.63) is 94.3 Å². The molecule has 1 atom stereocenters. The van der Waals surface area contributed by atoms with Crippen LogP contribution in [0, 0.1) is 0 Å². The normalized spacial score (nSPS) is 12.4. The highest BCUT2D eigenvalue weighted by atomic mass is 16.5. The van der Waals surface area contributed by atoms with Gasteiger partial charge in [-0.1, -0.05) is 6.92 Å². The zero-order valence-electron chi connectivity index (χ0n) is 19.5. The van der Waals surface area contributed by atoms with Gasteiger partial charge in [0.15, 0.2) is 5.82 Å². The largest absolute Gasteiger partial charge is 0.497 e. The molecule has 1 aromatic carbocycles. The van der Waals surface area contributed by atoms with Gasteiger partial charge in [-0.05, 0) is 65.4 Å². The summed E-state index contributed by atoms with van der Waals surface area (Å²) in [5, 5.41) is 13.3. The highest BCUT2D eigenvalue weighted by Gasteiger charge is 2.27. The Bertz CT molecular complexity index is 1440. The Morgan fingerprint density at radius 2 is 1.89 bits per heavy atom. The summed E-state index contributed by atoms with van der Waals surface area (Å²) in [4.78, 5) is 18.1. The Morgan fingerprint density at radius 1 is 1.09 bits per heavy atom. The molecule has 0 spiro atoms. The van der Waals surface area contributed by atoms with Crippen molar-refractivity contribution in [3.63, 3.8) is 0 Å². The minimum Gasteiger partial charge on any atom is -0.497 e. The molecule has 0 aliphatic rings. The van der Waals surface area contributed by atoms with E-state index in [1.165, 1.54) is 0 Å². The van der Waals surface area contributed by atoms with Gasteiger partial charge in [-0.25, -0.2) is 4.68 Å². The number of hydrogen-bond donors (Lipinski definition) is 1. The fraction of sp³-hybridized carbons (Fsp3) is 0.280. The Kier molecular flexibility index (Phi) is 6.44. The van der Waals surface area contributed by atoms with Crippen molar-refractivity contribution in [1.29, 1.82) is 0 Å². The highest BCUT2D eigenvalue weighted by molar-refractivity contribution is 5.80. The number of rotatable bonds is 10. The molecule has 4 aromatic heterocycles. The second-order valence-corrected chi connectivity index (χ2v) is 8.26. The summed E-state index contributed by atoms with van der Waals surface area (Å²) < 4.78 is 18.2. The van der Waals surface area contributed by atoms with Crippen molar-refractivity contribution in [3.8, 4) is 5.75 Å². The molecule has 0 saturated heterocycles. The summed E-state index contributed by atoms with van der Waals surface area (Å²) in [7, 11) is 1.62. The number of hydrogen-bond acceptors (Lipinski definition) is 8. The molecule has 0 saturated carbocycles. The van der Waals surface area contributed by atoms with Crippen LogP contribution in [0.4, 0.5) is 0 Å². The molecule has 180 valence electrons. The Labute approximate surface area is 201 Å². The smallest absolute Gasteiger partial charge is 0.252 e. The van der Waals surface area contributed by atoms with Gasteiger partial charge in [0.25, 0.3) is 5.56 Å². The summed E-state index contributed by atoms with van der Waals surface area (Å²) in [6, 6.07) is 14.8. The van der Waals surface area contributed by atoms with E-state index in [-0.39, 0.29) is 11.6 Å². The zero-order valence-corrected chi connectivity index (χ0v) is 19.5. The lowest BCUT2D eigenvalue weighted by molar-refractivity contribution is 0.149. The van der Waals surface area contributed by atoms with Crippen molar-refractivity contribution in [2.75, 3.05) is 7.11 Å². The van der Waals surface area contributed by atoms with Crippen LogP contribution in [0.5, 0.6) is 5.75 Å². The molecular weight excluding hydrogens is 448 g/mol. The maximum absolute atomic E-state index is 13.0. The summed E-state index contributed by atoms with van der Waals surface area (Å²) in [5.74, 6) is 2.96. The third kappa shape index (κ3) is 4.87. The molecule has 4 heterocycles. The quantitative estimate of drug-likeness (QED) is 0.324. The standard InChI is InChI=1S/C25H26N6O4/c1-3-23(24-27-28-29-31(24)16-21-7-5-11-35-21)30(15-20-6-4-10-34-20)14-18-12-17-13-19(33-2)8-9-22(17)26-25(18)32/h4-13,23H,3,14-16H2,1-2H3,(H,26,32)/t23-/m0/s1. The first-order valence-electron chi connectivity index (χ1n) is 11.4. The number of benzene rings is 1. The van der Waals surface area contributed by atoms with Crippen LogP contribution >= 0.6 is 0 Å². The van der Waals surface area contributed by atoms with E-state index in [1.807, 2.05) is 48.5 Å². The Hall–Kier alpha value is -4.18. The molecule has 0 aliphatic carbocycles. The number of nitrogens with one attached hydrogen (secondary N) is 1. The van der Waals surface area contributed by atoms with Crippen molar-refractivity contribution in [2.24, 2.45) is 0 Å². The minimum absolute atomic E-state index is 0.142. The molecular formula is C25H26N6O4. The first-order chi connectivity index (χ1) is 17.1. The Morgan fingerprint density at radius 3 is 2.60 bits per heavy atom. The average molecular weight is 475 g/mol. The average Bonchev–Trinajstić information content (AvgIpc) is 3.65. The number of ether oxygens (including phenoxy) is 1. The van der Waals surface area contributed by atoms with Crippen molar-refractivity contribution in [2.45, 2.75) is 39.0 Å². The van der Waals surface area contributed by atoms with Crippen LogP contribution in [0.25, 0.3) is 10.9 Å². The third-order valence-electron chi connectivity index (χ3n) is 6.01. The van der Waals surface area contributed by atoms with E-state index >= 15 is 0 Å². The molecule has 0 amide bonds. The fourth-order valence-electron chi connectivity index (χ4n) is 4.29. The van der Waals surface area contributed by atoms with Crippen LogP contribution in [0.3, 0.4) is 0 Å². The van der Waals surface area contributed by atoms with Crippen molar-refractivity contribution < 1.29 is 13.6 Å². The van der Waals surface area contributed by atoms with E-state index in [9.17, 15) is 4.79 Å². The minimum atomic E-state index is -0.175. The van der Waals surface area contributed by atoms with Gasteiger partial charge in [0.2, 0.25) is 0 Å². The topological polar surface area (TPSA) is 115 Å². The molecule has 0 fully saturated rings. The molecule has 0 aliphatic heterocycles. The first kappa shape index (κ1) is 22.6. The lowest BCUT2D eigenvalue weighted by Crippen LogP contribution is -2.32. The van der Waals surface area contributed by atoms with Crippen LogP contribution in [0.15, 0.2) is 74.7 Å². The van der Waals surface area contributed by atoms with Gasteiger partial charge in [0.05, 0.1) is 32.2 Å². The summed E-state index contributed by atoms with van der Waals surface area (Å²) in [6.45, 7) is 3.34. The van der Waals surface area contributed by atoms with Crippen LogP contribution in [-0.2, 0) is 19.6 Å². The molecule has 35 heavy (non-hydrogen) atoms.